The molecule has 0 fully saturated rings. The molecule has 0 aromatic heterocycles. The second-order valence-corrected chi connectivity index (χ2v) is 5.83. The highest BCUT2D eigenvalue weighted by Crippen LogP contribution is 2.33. The number of nitrogens with two attached hydrogens (primary N) is 1. The first-order valence-corrected chi connectivity index (χ1v) is 7.73. The molecule has 2 amide bonds. The lowest BCUT2D eigenvalue weighted by atomic mass is 10.2. The van der Waals surface area contributed by atoms with Crippen LogP contribution in [0.2, 0.25) is 15.1 Å². The van der Waals surface area contributed by atoms with Crippen LogP contribution in [0.1, 0.15) is 10.4 Å². The van der Waals surface area contributed by atoms with Gasteiger partial charge in [0, 0.05) is 5.02 Å². The van der Waals surface area contributed by atoms with Crippen molar-refractivity contribution in [3.63, 3.8) is 0 Å². The smallest absolute Gasteiger partial charge is 0.273 e. The van der Waals surface area contributed by atoms with Crippen LogP contribution >= 0.6 is 34.8 Å². The normalized spacial score (nSPS) is 10.1. The fourth-order valence-electron chi connectivity index (χ4n) is 1.78. The Morgan fingerprint density at radius 3 is 2.33 bits per heavy atom. The molecule has 0 saturated heterocycles. The summed E-state index contributed by atoms with van der Waals surface area (Å²) in [6.45, 7) is -0.341. The molecule has 6 nitrogen and oxygen atoms in total. The molecule has 0 heterocycles. The third kappa shape index (κ3) is 4.67. The lowest BCUT2D eigenvalue weighted by Gasteiger charge is -2.14. The molecule has 24 heavy (non-hydrogen) atoms. The number of primary amides is 1. The first kappa shape index (κ1) is 18.2. The molecule has 0 bridgehead atoms. The van der Waals surface area contributed by atoms with Crippen LogP contribution in [0.4, 0.5) is 5.69 Å². The van der Waals surface area contributed by atoms with Crippen LogP contribution in [0, 0.1) is 0 Å². The monoisotopic (exact) mass is 387 g/mol. The largest absolute Gasteiger partial charge is 0.483 e. The van der Waals surface area contributed by atoms with E-state index < -0.39 is 11.8 Å². The number of benzene rings is 2. The van der Waals surface area contributed by atoms with E-state index in [9.17, 15) is 9.59 Å². The molecule has 0 spiro atoms. The molecule has 0 saturated carbocycles. The van der Waals surface area contributed by atoms with Crippen molar-refractivity contribution in [3.05, 3.63) is 57.0 Å². The minimum absolute atomic E-state index is 0.201. The standard InChI is InChI=1S/C15H12Cl3N3O3/c16-8-5-10(17)14(11(18)6-8)20-21-15(23)9-3-1-2-4-12(9)24-7-13(19)22/h1-6,20H,7H2,(H2,19,22)(H,21,23). The van der Waals surface area contributed by atoms with Crippen molar-refractivity contribution in [3.8, 4) is 5.75 Å². The highest BCUT2D eigenvalue weighted by molar-refractivity contribution is 6.41. The topological polar surface area (TPSA) is 93.5 Å². The maximum atomic E-state index is 12.3. The van der Waals surface area contributed by atoms with Crippen LogP contribution in [0.15, 0.2) is 36.4 Å². The summed E-state index contributed by atoms with van der Waals surface area (Å²) in [7, 11) is 0. The van der Waals surface area contributed by atoms with E-state index in [0.29, 0.717) is 10.7 Å². The van der Waals surface area contributed by atoms with Gasteiger partial charge in [-0.15, -0.1) is 0 Å². The number of hydrogen-bond donors (Lipinski definition) is 3. The van der Waals surface area contributed by atoms with Gasteiger partial charge in [-0.3, -0.25) is 20.4 Å². The molecule has 2 aromatic rings. The number of halogens is 3. The highest BCUT2D eigenvalue weighted by Gasteiger charge is 2.14. The van der Waals surface area contributed by atoms with Crippen molar-refractivity contribution in [1.82, 2.24) is 5.43 Å². The third-order valence-corrected chi connectivity index (χ3v) is 3.62. The van der Waals surface area contributed by atoms with Gasteiger partial charge in [0.25, 0.3) is 11.8 Å². The zero-order chi connectivity index (χ0) is 17.7. The van der Waals surface area contributed by atoms with Gasteiger partial charge in [0.2, 0.25) is 0 Å². The van der Waals surface area contributed by atoms with Crippen LogP contribution in [0.25, 0.3) is 0 Å². The lowest BCUT2D eigenvalue weighted by Crippen LogP contribution is -2.30. The summed E-state index contributed by atoms with van der Waals surface area (Å²) in [6.07, 6.45) is 0. The molecule has 9 heteroatoms. The van der Waals surface area contributed by atoms with Crippen molar-refractivity contribution >= 4 is 52.3 Å². The minimum atomic E-state index is -0.650. The molecule has 0 radical (unpaired) electrons. The summed E-state index contributed by atoms with van der Waals surface area (Å²) in [5, 5.41) is 0.851. The average molecular weight is 389 g/mol. The summed E-state index contributed by atoms with van der Waals surface area (Å²) in [4.78, 5) is 23.1. The number of amides is 2. The lowest BCUT2D eigenvalue weighted by molar-refractivity contribution is -0.119. The molecule has 0 aliphatic heterocycles. The van der Waals surface area contributed by atoms with Gasteiger partial charge in [-0.05, 0) is 24.3 Å². The van der Waals surface area contributed by atoms with Crippen LogP contribution in [-0.4, -0.2) is 18.4 Å². The summed E-state index contributed by atoms with van der Waals surface area (Å²) in [6, 6.07) is 9.33. The summed E-state index contributed by atoms with van der Waals surface area (Å²) in [5.41, 5.74) is 10.6. The van der Waals surface area contributed by atoms with E-state index in [1.54, 1.807) is 18.2 Å². The average Bonchev–Trinajstić information content (AvgIpc) is 2.52. The molecule has 4 N–H and O–H groups in total. The number of anilines is 1. The number of carbonyl (C=O) groups excluding carboxylic acids is 2. The molecule has 0 atom stereocenters. The van der Waals surface area contributed by atoms with Gasteiger partial charge in [-0.25, -0.2) is 0 Å². The predicted octanol–water partition coefficient (Wildman–Crippen LogP) is 3.27. The fraction of sp³-hybridized carbons (Fsp3) is 0.0667. The van der Waals surface area contributed by atoms with Crippen LogP contribution in [0.3, 0.4) is 0 Å². The van der Waals surface area contributed by atoms with E-state index in [0.717, 1.165) is 0 Å². The Labute approximate surface area is 152 Å². The summed E-state index contributed by atoms with van der Waals surface area (Å²) >= 11 is 17.9. The van der Waals surface area contributed by atoms with Gasteiger partial charge in [-0.2, -0.15) is 0 Å². The molecule has 2 rings (SSSR count). The number of para-hydroxylation sites is 1. The van der Waals surface area contributed by atoms with Crippen molar-refractivity contribution in [2.45, 2.75) is 0 Å². The Balaban J connectivity index is 2.12. The van der Waals surface area contributed by atoms with E-state index in [1.807, 2.05) is 0 Å². The molecule has 0 unspecified atom stereocenters. The van der Waals surface area contributed by atoms with Gasteiger partial charge in [0.05, 0.1) is 21.3 Å². The SMILES string of the molecule is NC(=O)COc1ccccc1C(=O)NNc1c(Cl)cc(Cl)cc1Cl. The van der Waals surface area contributed by atoms with Crippen LogP contribution < -0.4 is 21.3 Å². The minimum Gasteiger partial charge on any atom is -0.483 e. The van der Waals surface area contributed by atoms with Crippen molar-refractivity contribution < 1.29 is 14.3 Å². The Hall–Kier alpha value is -2.15. The third-order valence-electron chi connectivity index (χ3n) is 2.81. The summed E-state index contributed by atoms with van der Waals surface area (Å²) < 4.78 is 5.20. The molecule has 126 valence electrons. The van der Waals surface area contributed by atoms with Gasteiger partial charge in [0.15, 0.2) is 6.61 Å². The zero-order valence-corrected chi connectivity index (χ0v) is 14.4. The van der Waals surface area contributed by atoms with E-state index in [2.05, 4.69) is 10.9 Å². The van der Waals surface area contributed by atoms with E-state index in [4.69, 9.17) is 45.3 Å². The van der Waals surface area contributed by atoms with E-state index >= 15 is 0 Å². The number of hydrogen-bond acceptors (Lipinski definition) is 4. The number of nitrogens with one attached hydrogen (secondary N) is 2. The van der Waals surface area contributed by atoms with E-state index in [1.165, 1.54) is 18.2 Å². The van der Waals surface area contributed by atoms with Gasteiger partial charge in [0.1, 0.15) is 5.75 Å². The Morgan fingerprint density at radius 1 is 1.08 bits per heavy atom. The van der Waals surface area contributed by atoms with Gasteiger partial charge < -0.3 is 10.5 Å². The number of ether oxygens (including phenoxy) is 1. The first-order chi connectivity index (χ1) is 11.4. The van der Waals surface area contributed by atoms with Crippen LogP contribution in [0.5, 0.6) is 5.75 Å². The zero-order valence-electron chi connectivity index (χ0n) is 12.1. The Morgan fingerprint density at radius 2 is 1.71 bits per heavy atom. The second kappa shape index (κ2) is 8.10. The molecule has 0 aliphatic carbocycles. The van der Waals surface area contributed by atoms with Gasteiger partial charge >= 0.3 is 0 Å². The number of carbonyl (C=O) groups is 2. The maximum absolute atomic E-state index is 12.3. The molecular weight excluding hydrogens is 377 g/mol. The molecular formula is C15H12Cl3N3O3. The fourth-order valence-corrected chi connectivity index (χ4v) is 2.69. The van der Waals surface area contributed by atoms with E-state index in [-0.39, 0.29) is 28.0 Å². The first-order valence-electron chi connectivity index (χ1n) is 6.59. The predicted molar refractivity (Wildman–Crippen MR) is 93.7 cm³/mol. The van der Waals surface area contributed by atoms with Crippen molar-refractivity contribution in [2.24, 2.45) is 5.73 Å². The Bertz CT molecular complexity index is 761. The molecule has 0 aliphatic rings. The number of hydrazine groups is 1. The van der Waals surface area contributed by atoms with Crippen molar-refractivity contribution in [1.29, 1.82) is 0 Å². The van der Waals surface area contributed by atoms with Crippen LogP contribution in [-0.2, 0) is 4.79 Å². The second-order valence-electron chi connectivity index (χ2n) is 4.57. The summed E-state index contributed by atoms with van der Waals surface area (Å²) in [5.74, 6) is -0.955. The van der Waals surface area contributed by atoms with Gasteiger partial charge in [-0.1, -0.05) is 46.9 Å². The highest BCUT2D eigenvalue weighted by atomic mass is 35.5. The number of rotatable bonds is 6. The van der Waals surface area contributed by atoms with Crippen molar-refractivity contribution in [2.75, 3.05) is 12.0 Å². The maximum Gasteiger partial charge on any atom is 0.273 e. The Kier molecular flexibility index (Phi) is 6.14. The molecule has 2 aromatic carbocycles. The quantitative estimate of drug-likeness (QED) is 0.662.